The summed E-state index contributed by atoms with van der Waals surface area (Å²) in [5, 5.41) is 5.70. The minimum Gasteiger partial charge on any atom is -0.497 e. The van der Waals surface area contributed by atoms with Crippen LogP contribution in [0.1, 0.15) is 37.7 Å². The van der Waals surface area contributed by atoms with E-state index in [4.69, 9.17) is 4.74 Å². The Kier molecular flexibility index (Phi) is 6.13. The number of carbonyl (C=O) groups is 1. The van der Waals surface area contributed by atoms with E-state index in [-0.39, 0.29) is 6.03 Å². The molecule has 114 valence electrons. The van der Waals surface area contributed by atoms with E-state index in [1.807, 2.05) is 30.5 Å². The molecule has 1 aliphatic carbocycles. The lowest BCUT2D eigenvalue weighted by Crippen LogP contribution is -2.33. The maximum Gasteiger partial charge on any atom is 0.318 e. The predicted molar refractivity (Wildman–Crippen MR) is 84.4 cm³/mol. The van der Waals surface area contributed by atoms with Crippen LogP contribution < -0.4 is 15.4 Å². The summed E-state index contributed by atoms with van der Waals surface area (Å²) in [4.78, 5) is 11.7. The molecule has 2 amide bonds. The van der Waals surface area contributed by atoms with Gasteiger partial charge in [-0.15, -0.1) is 0 Å². The molecule has 0 aromatic heterocycles. The van der Waals surface area contributed by atoms with Crippen molar-refractivity contribution in [2.24, 2.45) is 0 Å². The highest BCUT2D eigenvalue weighted by atomic mass is 16.5. The molecular weight excluding hydrogens is 264 g/mol. The van der Waals surface area contributed by atoms with Gasteiger partial charge < -0.3 is 15.4 Å². The Balaban J connectivity index is 1.66. The maximum atomic E-state index is 11.7. The molecule has 4 heteroatoms. The third-order valence-electron chi connectivity index (χ3n) is 3.76. The van der Waals surface area contributed by atoms with Gasteiger partial charge in [0.2, 0.25) is 0 Å². The summed E-state index contributed by atoms with van der Waals surface area (Å²) in [6, 6.07) is 7.78. The lowest BCUT2D eigenvalue weighted by Gasteiger charge is -2.13. The van der Waals surface area contributed by atoms with Crippen molar-refractivity contribution in [2.45, 2.75) is 38.5 Å². The average Bonchev–Trinajstić information content (AvgIpc) is 2.54. The van der Waals surface area contributed by atoms with Crippen LogP contribution in [0.4, 0.5) is 4.79 Å². The first-order chi connectivity index (χ1) is 10.3. The van der Waals surface area contributed by atoms with Crippen LogP contribution in [-0.2, 0) is 6.42 Å². The summed E-state index contributed by atoms with van der Waals surface area (Å²) in [7, 11) is 1.65. The van der Waals surface area contributed by atoms with Gasteiger partial charge in [0.15, 0.2) is 0 Å². The van der Waals surface area contributed by atoms with E-state index in [1.54, 1.807) is 7.11 Å². The van der Waals surface area contributed by atoms with E-state index >= 15 is 0 Å². The van der Waals surface area contributed by atoms with Crippen molar-refractivity contribution in [3.05, 3.63) is 41.6 Å². The highest BCUT2D eigenvalue weighted by Gasteiger charge is 2.05. The standard InChI is InChI=1S/C17H24N2O2/c1-21-16-9-7-14(8-10-16)11-12-18-17(20)19-13-15-5-3-2-4-6-15/h7-10,13H,2-6,11-12H2,1H3,(H2,18,19,20). The fourth-order valence-electron chi connectivity index (χ4n) is 2.48. The van der Waals surface area contributed by atoms with Gasteiger partial charge in [-0.2, -0.15) is 0 Å². The monoisotopic (exact) mass is 288 g/mol. The van der Waals surface area contributed by atoms with E-state index in [0.29, 0.717) is 6.54 Å². The van der Waals surface area contributed by atoms with Crippen LogP contribution in [0.15, 0.2) is 36.0 Å². The molecule has 0 saturated heterocycles. The Hall–Kier alpha value is -1.97. The fourth-order valence-corrected chi connectivity index (χ4v) is 2.48. The number of nitrogens with one attached hydrogen (secondary N) is 2. The molecule has 0 unspecified atom stereocenters. The highest BCUT2D eigenvalue weighted by molar-refractivity contribution is 5.74. The SMILES string of the molecule is COc1ccc(CCNC(=O)NC=C2CCCCC2)cc1. The van der Waals surface area contributed by atoms with Crippen molar-refractivity contribution in [2.75, 3.05) is 13.7 Å². The molecule has 0 radical (unpaired) electrons. The second-order valence-corrected chi connectivity index (χ2v) is 5.36. The summed E-state index contributed by atoms with van der Waals surface area (Å²) in [5.74, 6) is 0.851. The third-order valence-corrected chi connectivity index (χ3v) is 3.76. The molecule has 0 heterocycles. The summed E-state index contributed by atoms with van der Waals surface area (Å²) < 4.78 is 5.12. The normalized spacial score (nSPS) is 14.4. The summed E-state index contributed by atoms with van der Waals surface area (Å²) >= 11 is 0. The molecule has 0 bridgehead atoms. The van der Waals surface area contributed by atoms with Gasteiger partial charge in [0.1, 0.15) is 5.75 Å². The minimum atomic E-state index is -0.124. The smallest absolute Gasteiger partial charge is 0.318 e. The Bertz CT molecular complexity index is 472. The van der Waals surface area contributed by atoms with E-state index in [0.717, 1.165) is 25.0 Å². The molecule has 0 atom stereocenters. The molecule has 1 aromatic rings. The molecule has 4 nitrogen and oxygen atoms in total. The van der Waals surface area contributed by atoms with Crippen molar-refractivity contribution in [1.82, 2.24) is 10.6 Å². The van der Waals surface area contributed by atoms with Gasteiger partial charge in [0, 0.05) is 12.7 Å². The van der Waals surface area contributed by atoms with Gasteiger partial charge in [-0.25, -0.2) is 4.79 Å². The van der Waals surface area contributed by atoms with Gasteiger partial charge in [0.05, 0.1) is 7.11 Å². The number of carbonyl (C=O) groups excluding carboxylic acids is 1. The first-order valence-electron chi connectivity index (χ1n) is 7.63. The lowest BCUT2D eigenvalue weighted by molar-refractivity contribution is 0.244. The zero-order valence-corrected chi connectivity index (χ0v) is 12.7. The van der Waals surface area contributed by atoms with Gasteiger partial charge >= 0.3 is 6.03 Å². The van der Waals surface area contributed by atoms with Gasteiger partial charge in [0.25, 0.3) is 0 Å². The van der Waals surface area contributed by atoms with Crippen molar-refractivity contribution < 1.29 is 9.53 Å². The molecular formula is C17H24N2O2. The maximum absolute atomic E-state index is 11.7. The first kappa shape index (κ1) is 15.4. The Morgan fingerprint density at radius 1 is 1.19 bits per heavy atom. The Morgan fingerprint density at radius 2 is 1.90 bits per heavy atom. The molecule has 21 heavy (non-hydrogen) atoms. The van der Waals surface area contributed by atoms with Crippen LogP contribution in [0.3, 0.4) is 0 Å². The Labute approximate surface area is 126 Å². The summed E-state index contributed by atoms with van der Waals surface area (Å²) in [6.07, 6.45) is 8.72. The van der Waals surface area contributed by atoms with E-state index in [2.05, 4.69) is 10.6 Å². The largest absolute Gasteiger partial charge is 0.497 e. The number of amides is 2. The van der Waals surface area contributed by atoms with Crippen molar-refractivity contribution in [3.63, 3.8) is 0 Å². The van der Waals surface area contributed by atoms with Gasteiger partial charge in [-0.05, 0) is 49.8 Å². The number of allylic oxidation sites excluding steroid dienone is 1. The third kappa shape index (κ3) is 5.50. The number of hydrogen-bond donors (Lipinski definition) is 2. The zero-order chi connectivity index (χ0) is 14.9. The van der Waals surface area contributed by atoms with Crippen LogP contribution in [0.2, 0.25) is 0 Å². The van der Waals surface area contributed by atoms with Crippen LogP contribution in [0.25, 0.3) is 0 Å². The van der Waals surface area contributed by atoms with Gasteiger partial charge in [-0.1, -0.05) is 24.1 Å². The van der Waals surface area contributed by atoms with Crippen LogP contribution in [0.5, 0.6) is 5.75 Å². The first-order valence-corrected chi connectivity index (χ1v) is 7.63. The molecule has 1 aliphatic rings. The van der Waals surface area contributed by atoms with E-state index in [1.165, 1.54) is 30.4 Å². The molecule has 2 N–H and O–H groups in total. The fraction of sp³-hybridized carbons (Fsp3) is 0.471. The lowest BCUT2D eigenvalue weighted by atomic mass is 9.96. The van der Waals surface area contributed by atoms with Crippen LogP contribution >= 0.6 is 0 Å². The van der Waals surface area contributed by atoms with Crippen molar-refractivity contribution in [1.29, 1.82) is 0 Å². The van der Waals surface area contributed by atoms with E-state index < -0.39 is 0 Å². The van der Waals surface area contributed by atoms with Crippen molar-refractivity contribution in [3.8, 4) is 5.75 Å². The van der Waals surface area contributed by atoms with Gasteiger partial charge in [-0.3, -0.25) is 0 Å². The van der Waals surface area contributed by atoms with Crippen LogP contribution in [-0.4, -0.2) is 19.7 Å². The number of ether oxygens (including phenoxy) is 1. The molecule has 0 spiro atoms. The highest BCUT2D eigenvalue weighted by Crippen LogP contribution is 2.21. The second kappa shape index (κ2) is 8.35. The molecule has 1 aromatic carbocycles. The number of methoxy groups -OCH3 is 1. The number of urea groups is 1. The number of rotatable bonds is 5. The molecule has 2 rings (SSSR count). The topological polar surface area (TPSA) is 50.4 Å². The number of benzene rings is 1. The van der Waals surface area contributed by atoms with Crippen LogP contribution in [0, 0.1) is 0 Å². The zero-order valence-electron chi connectivity index (χ0n) is 12.7. The quantitative estimate of drug-likeness (QED) is 0.872. The van der Waals surface area contributed by atoms with Crippen molar-refractivity contribution >= 4 is 6.03 Å². The summed E-state index contributed by atoms with van der Waals surface area (Å²) in [6.45, 7) is 0.626. The average molecular weight is 288 g/mol. The molecule has 1 fully saturated rings. The van der Waals surface area contributed by atoms with E-state index in [9.17, 15) is 4.79 Å². The second-order valence-electron chi connectivity index (χ2n) is 5.36. The number of hydrogen-bond acceptors (Lipinski definition) is 2. The molecule has 1 saturated carbocycles. The molecule has 0 aliphatic heterocycles. The minimum absolute atomic E-state index is 0.124. The summed E-state index contributed by atoms with van der Waals surface area (Å²) in [5.41, 5.74) is 2.54. The Morgan fingerprint density at radius 3 is 2.57 bits per heavy atom. The predicted octanol–water partition coefficient (Wildman–Crippen LogP) is 3.38.